The van der Waals surface area contributed by atoms with Gasteiger partial charge in [-0.05, 0) is 30.6 Å². The predicted molar refractivity (Wildman–Crippen MR) is 69.8 cm³/mol. The lowest BCUT2D eigenvalue weighted by Gasteiger charge is -2.00. The van der Waals surface area contributed by atoms with Gasteiger partial charge in [-0.25, -0.2) is 13.1 Å². The van der Waals surface area contributed by atoms with Crippen LogP contribution in [0.2, 0.25) is 0 Å². The fourth-order valence-corrected chi connectivity index (χ4v) is 2.76. The molecular weight excluding hydrogens is 272 g/mol. The fraction of sp³-hybridized carbons (Fsp3) is 0.273. The van der Waals surface area contributed by atoms with Gasteiger partial charge in [0.2, 0.25) is 5.09 Å². The summed E-state index contributed by atoms with van der Waals surface area (Å²) in [5, 5.41) is 5.15. The van der Waals surface area contributed by atoms with Crippen molar-refractivity contribution in [2.75, 3.05) is 7.05 Å². The molecule has 0 radical (unpaired) electrons. The first kappa shape index (κ1) is 13.3. The van der Waals surface area contributed by atoms with E-state index in [9.17, 15) is 8.42 Å². The van der Waals surface area contributed by atoms with Crippen molar-refractivity contribution in [3.63, 3.8) is 0 Å². The third-order valence-electron chi connectivity index (χ3n) is 2.35. The molecule has 0 aliphatic heterocycles. The first-order valence-electron chi connectivity index (χ1n) is 5.37. The van der Waals surface area contributed by atoms with E-state index < -0.39 is 10.0 Å². The van der Waals surface area contributed by atoms with Crippen molar-refractivity contribution in [3.8, 4) is 0 Å². The van der Waals surface area contributed by atoms with E-state index in [0.717, 1.165) is 6.54 Å². The zero-order chi connectivity index (χ0) is 13.0. The second-order valence-electron chi connectivity index (χ2n) is 3.61. The molecule has 2 aromatic heterocycles. The Kier molecular flexibility index (Phi) is 4.18. The van der Waals surface area contributed by atoms with Gasteiger partial charge in [-0.2, -0.15) is 0 Å². The molecule has 0 spiro atoms. The molecular formula is C11H14N2O3S2. The Labute approximate surface area is 110 Å². The number of hydrogen-bond acceptors (Lipinski definition) is 5. The predicted octanol–water partition coefficient (Wildman–Crippen LogP) is 1.54. The molecule has 0 unspecified atom stereocenters. The van der Waals surface area contributed by atoms with Crippen molar-refractivity contribution in [2.24, 2.45) is 0 Å². The minimum atomic E-state index is -3.49. The van der Waals surface area contributed by atoms with Crippen LogP contribution < -0.4 is 10.0 Å². The molecule has 2 N–H and O–H groups in total. The van der Waals surface area contributed by atoms with Crippen LogP contribution in [0.1, 0.15) is 10.6 Å². The molecule has 0 aliphatic carbocycles. The van der Waals surface area contributed by atoms with Crippen molar-refractivity contribution < 1.29 is 12.8 Å². The van der Waals surface area contributed by atoms with Gasteiger partial charge in [0.1, 0.15) is 5.76 Å². The summed E-state index contributed by atoms with van der Waals surface area (Å²) < 4.78 is 30.4. The zero-order valence-corrected chi connectivity index (χ0v) is 11.5. The van der Waals surface area contributed by atoms with Gasteiger partial charge in [0, 0.05) is 11.4 Å². The molecule has 0 amide bonds. The van der Waals surface area contributed by atoms with Crippen molar-refractivity contribution in [1.82, 2.24) is 10.0 Å². The first-order valence-corrected chi connectivity index (χ1v) is 7.73. The Balaban J connectivity index is 1.91. The Hall–Kier alpha value is -1.15. The van der Waals surface area contributed by atoms with E-state index in [1.165, 1.54) is 18.0 Å². The van der Waals surface area contributed by atoms with Crippen LogP contribution in [0.3, 0.4) is 0 Å². The van der Waals surface area contributed by atoms with E-state index in [1.54, 1.807) is 17.4 Å². The molecule has 0 saturated heterocycles. The van der Waals surface area contributed by atoms with Crippen molar-refractivity contribution in [1.29, 1.82) is 0 Å². The van der Waals surface area contributed by atoms with Crippen molar-refractivity contribution in [2.45, 2.75) is 18.2 Å². The van der Waals surface area contributed by atoms with Gasteiger partial charge in [0.15, 0.2) is 0 Å². The average molecular weight is 286 g/mol. The van der Waals surface area contributed by atoms with Gasteiger partial charge in [0.25, 0.3) is 10.0 Å². The number of sulfonamides is 1. The van der Waals surface area contributed by atoms with Gasteiger partial charge in [-0.15, -0.1) is 11.3 Å². The number of rotatable bonds is 6. The van der Waals surface area contributed by atoms with Gasteiger partial charge in [-0.3, -0.25) is 0 Å². The fourth-order valence-electron chi connectivity index (χ4n) is 1.42. The van der Waals surface area contributed by atoms with Crippen LogP contribution in [0.4, 0.5) is 0 Å². The molecule has 0 saturated carbocycles. The third kappa shape index (κ3) is 3.20. The molecule has 0 aromatic carbocycles. The minimum Gasteiger partial charge on any atom is -0.447 e. The summed E-state index contributed by atoms with van der Waals surface area (Å²) in [6.07, 6.45) is 0. The SMILES string of the molecule is CNS(=O)(=O)c1ccc(CNCc2cccs2)o1. The highest BCUT2D eigenvalue weighted by Crippen LogP contribution is 2.13. The number of hydrogen-bond donors (Lipinski definition) is 2. The summed E-state index contributed by atoms with van der Waals surface area (Å²) in [5.74, 6) is 0.598. The molecule has 0 atom stereocenters. The van der Waals surface area contributed by atoms with E-state index in [-0.39, 0.29) is 5.09 Å². The quantitative estimate of drug-likeness (QED) is 0.845. The zero-order valence-electron chi connectivity index (χ0n) is 9.84. The molecule has 5 nitrogen and oxygen atoms in total. The Morgan fingerprint density at radius 1 is 1.28 bits per heavy atom. The maximum Gasteiger partial charge on any atom is 0.273 e. The summed E-state index contributed by atoms with van der Waals surface area (Å²) in [5.41, 5.74) is 0. The monoisotopic (exact) mass is 286 g/mol. The summed E-state index contributed by atoms with van der Waals surface area (Å²) in [7, 11) is -2.13. The van der Waals surface area contributed by atoms with Gasteiger partial charge >= 0.3 is 0 Å². The normalized spacial score (nSPS) is 11.8. The van der Waals surface area contributed by atoms with Crippen LogP contribution in [0, 0.1) is 0 Å². The molecule has 2 aromatic rings. The smallest absolute Gasteiger partial charge is 0.273 e. The number of nitrogens with one attached hydrogen (secondary N) is 2. The average Bonchev–Trinajstić information content (AvgIpc) is 3.00. The third-order valence-corrected chi connectivity index (χ3v) is 4.51. The van der Waals surface area contributed by atoms with Gasteiger partial charge < -0.3 is 9.73 Å². The topological polar surface area (TPSA) is 71.3 Å². The van der Waals surface area contributed by atoms with E-state index >= 15 is 0 Å². The molecule has 2 rings (SSSR count). The van der Waals surface area contributed by atoms with E-state index in [4.69, 9.17) is 4.42 Å². The van der Waals surface area contributed by atoms with E-state index in [0.29, 0.717) is 12.3 Å². The minimum absolute atomic E-state index is 0.0575. The lowest BCUT2D eigenvalue weighted by atomic mass is 10.4. The van der Waals surface area contributed by atoms with Gasteiger partial charge in [-0.1, -0.05) is 6.07 Å². The van der Waals surface area contributed by atoms with E-state index in [2.05, 4.69) is 10.0 Å². The Morgan fingerprint density at radius 2 is 2.11 bits per heavy atom. The molecule has 2 heterocycles. The molecule has 18 heavy (non-hydrogen) atoms. The summed E-state index contributed by atoms with van der Waals surface area (Å²) in [6.45, 7) is 1.24. The largest absolute Gasteiger partial charge is 0.447 e. The standard InChI is InChI=1S/C11H14N2O3S2/c1-12-18(14,15)11-5-4-9(16-11)7-13-8-10-3-2-6-17-10/h2-6,12-13H,7-8H2,1H3. The maximum atomic E-state index is 11.5. The highest BCUT2D eigenvalue weighted by Gasteiger charge is 2.15. The summed E-state index contributed by atoms with van der Waals surface area (Å²) in [4.78, 5) is 1.23. The van der Waals surface area contributed by atoms with Crippen LogP contribution in [0.25, 0.3) is 0 Å². The van der Waals surface area contributed by atoms with Crippen molar-refractivity contribution >= 4 is 21.4 Å². The Morgan fingerprint density at radius 3 is 2.78 bits per heavy atom. The second-order valence-corrected chi connectivity index (χ2v) is 6.46. The molecule has 0 fully saturated rings. The van der Waals surface area contributed by atoms with Crippen molar-refractivity contribution in [3.05, 3.63) is 40.3 Å². The highest BCUT2D eigenvalue weighted by atomic mass is 32.2. The number of thiophene rings is 1. The highest BCUT2D eigenvalue weighted by molar-refractivity contribution is 7.89. The van der Waals surface area contributed by atoms with Crippen LogP contribution >= 0.6 is 11.3 Å². The maximum absolute atomic E-state index is 11.5. The van der Waals surface area contributed by atoms with Crippen LogP contribution in [0.5, 0.6) is 0 Å². The molecule has 7 heteroatoms. The lowest BCUT2D eigenvalue weighted by Crippen LogP contribution is -2.17. The van der Waals surface area contributed by atoms with Crippen LogP contribution in [-0.4, -0.2) is 15.5 Å². The Bertz CT molecular complexity index is 588. The lowest BCUT2D eigenvalue weighted by molar-refractivity contribution is 0.400. The first-order chi connectivity index (χ1) is 8.62. The van der Waals surface area contributed by atoms with Crippen LogP contribution in [0.15, 0.2) is 39.2 Å². The van der Waals surface area contributed by atoms with Gasteiger partial charge in [0.05, 0.1) is 6.54 Å². The molecule has 0 bridgehead atoms. The number of furan rings is 1. The van der Waals surface area contributed by atoms with Crippen LogP contribution in [-0.2, 0) is 23.1 Å². The summed E-state index contributed by atoms with van der Waals surface area (Å²) in [6, 6.07) is 7.14. The molecule has 0 aliphatic rings. The van der Waals surface area contributed by atoms with E-state index in [1.807, 2.05) is 17.5 Å². The second kappa shape index (κ2) is 5.66. The summed E-state index contributed by atoms with van der Waals surface area (Å²) >= 11 is 1.67. The molecule has 98 valence electrons.